The Morgan fingerprint density at radius 3 is 1.02 bits per heavy atom. The molecule has 0 fully saturated rings. The molecular formula is C40H44N2O6P2+2. The number of rotatable bonds is 12. The highest BCUT2D eigenvalue weighted by atomic mass is 31.2. The van der Waals surface area contributed by atoms with Gasteiger partial charge < -0.3 is 19.6 Å². The molecule has 5 aromatic rings. The number of hydrogen-bond acceptors (Lipinski definition) is 2. The molecule has 0 aliphatic rings. The molecule has 0 unspecified atom stereocenters. The van der Waals surface area contributed by atoms with E-state index in [9.17, 15) is 28.7 Å². The van der Waals surface area contributed by atoms with E-state index in [-0.39, 0.29) is 12.3 Å². The predicted molar refractivity (Wildman–Crippen MR) is 199 cm³/mol. The minimum Gasteiger partial charge on any atom is -0.324 e. The zero-order chi connectivity index (χ0) is 36.1. The normalized spacial score (nSPS) is 12.3. The van der Waals surface area contributed by atoms with Gasteiger partial charge in [0.1, 0.15) is 0 Å². The zero-order valence-electron chi connectivity index (χ0n) is 28.8. The van der Waals surface area contributed by atoms with Crippen LogP contribution in [0.1, 0.15) is 66.8 Å². The quantitative estimate of drug-likeness (QED) is 0.0797. The van der Waals surface area contributed by atoms with E-state index in [1.165, 1.54) is 33.4 Å². The van der Waals surface area contributed by atoms with Crippen molar-refractivity contribution in [1.82, 2.24) is 0 Å². The van der Waals surface area contributed by atoms with Crippen LogP contribution in [0.4, 0.5) is 0 Å². The first-order valence-corrected chi connectivity index (χ1v) is 19.9. The Kier molecular flexibility index (Phi) is 11.7. The van der Waals surface area contributed by atoms with Crippen molar-refractivity contribution in [3.63, 3.8) is 0 Å². The number of hydrogen-bond donors (Lipinski definition) is 4. The zero-order valence-corrected chi connectivity index (χ0v) is 30.6. The number of aromatic nitrogens is 2. The second kappa shape index (κ2) is 15.7. The van der Waals surface area contributed by atoms with E-state index in [0.717, 1.165) is 22.3 Å². The van der Waals surface area contributed by atoms with Gasteiger partial charge in [0.15, 0.2) is 37.9 Å². The van der Waals surface area contributed by atoms with Gasteiger partial charge in [-0.1, -0.05) is 72.8 Å². The summed E-state index contributed by atoms with van der Waals surface area (Å²) >= 11 is 0. The summed E-state index contributed by atoms with van der Waals surface area (Å²) in [5, 5.41) is 0. The summed E-state index contributed by atoms with van der Waals surface area (Å²) in [4.78, 5) is 36.8. The lowest BCUT2D eigenvalue weighted by Gasteiger charge is -2.17. The summed E-state index contributed by atoms with van der Waals surface area (Å²) in [6.45, 7) is 10.0. The third-order valence-electron chi connectivity index (χ3n) is 9.01. The van der Waals surface area contributed by atoms with E-state index >= 15 is 0 Å². The molecular weight excluding hydrogens is 666 g/mol. The lowest BCUT2D eigenvalue weighted by atomic mass is 9.88. The van der Waals surface area contributed by atoms with Crippen molar-refractivity contribution in [2.75, 3.05) is 0 Å². The third kappa shape index (κ3) is 10.4. The molecule has 0 radical (unpaired) electrons. The van der Waals surface area contributed by atoms with Crippen LogP contribution in [0.15, 0.2) is 97.6 Å². The average molecular weight is 711 g/mol. The van der Waals surface area contributed by atoms with Crippen molar-refractivity contribution in [3.05, 3.63) is 164 Å². The van der Waals surface area contributed by atoms with Gasteiger partial charge in [-0.25, -0.2) is 9.13 Å². The van der Waals surface area contributed by atoms with E-state index in [1.54, 1.807) is 24.3 Å². The Hall–Kier alpha value is -4.26. The molecule has 4 N–H and O–H groups in total. The lowest BCUT2D eigenvalue weighted by molar-refractivity contribution is -0.688. The second-order valence-electron chi connectivity index (χ2n) is 12.9. The number of nitrogens with zero attached hydrogens (tertiary/aromatic N) is 2. The summed E-state index contributed by atoms with van der Waals surface area (Å²) < 4.78 is 26.7. The maximum atomic E-state index is 11.3. The third-order valence-corrected chi connectivity index (χ3v) is 10.6. The summed E-state index contributed by atoms with van der Waals surface area (Å²) in [5.41, 5.74) is 13.0. The fraction of sp³-hybridized carbons (Fsp3) is 0.200. The largest absolute Gasteiger partial charge is 0.329 e. The molecule has 0 bridgehead atoms. The first kappa shape index (κ1) is 37.0. The summed E-state index contributed by atoms with van der Waals surface area (Å²) in [6, 6.07) is 23.0. The Morgan fingerprint density at radius 1 is 0.460 bits per heavy atom. The van der Waals surface area contributed by atoms with Gasteiger partial charge in [-0.15, -0.1) is 0 Å². The molecule has 50 heavy (non-hydrogen) atoms. The van der Waals surface area contributed by atoms with Gasteiger partial charge in [-0.2, -0.15) is 0 Å². The predicted octanol–water partition coefficient (Wildman–Crippen LogP) is 7.29. The lowest BCUT2D eigenvalue weighted by Crippen LogP contribution is -2.33. The average Bonchev–Trinajstić information content (AvgIpc) is 3.06. The summed E-state index contributed by atoms with van der Waals surface area (Å²) in [7, 11) is -8.15. The molecule has 8 nitrogen and oxygen atoms in total. The van der Waals surface area contributed by atoms with E-state index in [4.69, 9.17) is 0 Å². The van der Waals surface area contributed by atoms with Crippen molar-refractivity contribution in [3.8, 4) is 0 Å². The van der Waals surface area contributed by atoms with Crippen LogP contribution in [0.25, 0.3) is 24.3 Å². The van der Waals surface area contributed by atoms with Crippen LogP contribution in [-0.2, 0) is 34.5 Å². The van der Waals surface area contributed by atoms with E-state index in [0.29, 0.717) is 24.2 Å². The van der Waals surface area contributed by atoms with E-state index < -0.39 is 15.2 Å². The van der Waals surface area contributed by atoms with Crippen LogP contribution in [0, 0.1) is 27.7 Å². The molecule has 0 spiro atoms. The van der Waals surface area contributed by atoms with E-state index in [1.807, 2.05) is 49.1 Å². The Bertz CT molecular complexity index is 1930. The van der Waals surface area contributed by atoms with Gasteiger partial charge in [0.2, 0.25) is 0 Å². The molecule has 2 heterocycles. The maximum Gasteiger partial charge on any atom is 0.329 e. The molecule has 0 amide bonds. The molecule has 0 atom stereocenters. The Labute approximate surface area is 294 Å². The summed E-state index contributed by atoms with van der Waals surface area (Å²) in [5.74, 6) is 0. The van der Waals surface area contributed by atoms with Crippen LogP contribution < -0.4 is 9.13 Å². The first-order valence-electron chi connectivity index (χ1n) is 16.3. The molecule has 5 rings (SSSR count). The fourth-order valence-electron chi connectivity index (χ4n) is 6.00. The minimum atomic E-state index is -4.08. The molecule has 2 aromatic heterocycles. The Morgan fingerprint density at radius 2 is 0.740 bits per heavy atom. The Balaban J connectivity index is 1.23. The van der Waals surface area contributed by atoms with Crippen LogP contribution in [0.5, 0.6) is 0 Å². The molecule has 0 saturated heterocycles. The highest BCUT2D eigenvalue weighted by molar-refractivity contribution is 7.51. The van der Waals surface area contributed by atoms with Crippen LogP contribution in [0.3, 0.4) is 0 Å². The SMILES string of the molecule is Cc1c(C)c(C=Cc2cc[n+](Cc3ccc(CP(=O)(O)O)cc3)cc2)c(C)c(C)c1C=Cc1cc[n+](Cc2ccc(CP(=O)(O)O)cc2)cc1. The van der Waals surface area contributed by atoms with Crippen LogP contribution in [-0.4, -0.2) is 19.6 Å². The van der Waals surface area contributed by atoms with Crippen molar-refractivity contribution < 1.29 is 37.8 Å². The van der Waals surface area contributed by atoms with Gasteiger partial charge in [-0.05, 0) is 83.3 Å². The van der Waals surface area contributed by atoms with Crippen molar-refractivity contribution >= 4 is 39.5 Å². The van der Waals surface area contributed by atoms with Crippen molar-refractivity contribution in [2.45, 2.75) is 53.1 Å². The summed E-state index contributed by atoms with van der Waals surface area (Å²) in [6.07, 6.45) is 16.3. The topological polar surface area (TPSA) is 123 Å². The smallest absolute Gasteiger partial charge is 0.324 e. The standard InChI is InChI=1S/C40H42N2O6P2/c1-29-30(2)40(16-14-34-19-23-42(24-20-34)26-36-7-11-38(12-8-36)28-50(46,47)48)32(4)31(3)39(29)15-13-33-17-21-41(22-18-33)25-35-5-9-37(10-6-35)27-49(43,44)45/h5-24H,25-28H2,1-4H3,(H2-2,43,44,45,46,47,48)/p+2. The van der Waals surface area contributed by atoms with Crippen molar-refractivity contribution in [2.24, 2.45) is 0 Å². The molecule has 10 heteroatoms. The van der Waals surface area contributed by atoms with Gasteiger partial charge in [0.25, 0.3) is 0 Å². The highest BCUT2D eigenvalue weighted by Crippen LogP contribution is 2.39. The monoisotopic (exact) mass is 710 g/mol. The van der Waals surface area contributed by atoms with Gasteiger partial charge in [0.05, 0.1) is 12.3 Å². The molecule has 0 aliphatic carbocycles. The van der Waals surface area contributed by atoms with E-state index in [2.05, 4.69) is 85.4 Å². The fourth-order valence-corrected chi connectivity index (χ4v) is 7.37. The van der Waals surface area contributed by atoms with Gasteiger partial charge in [0, 0.05) is 35.4 Å². The molecule has 0 saturated carbocycles. The minimum absolute atomic E-state index is 0.248. The van der Waals surface area contributed by atoms with Crippen molar-refractivity contribution in [1.29, 1.82) is 0 Å². The first-order chi connectivity index (χ1) is 23.6. The van der Waals surface area contributed by atoms with Gasteiger partial charge >= 0.3 is 15.2 Å². The molecule has 0 aliphatic heterocycles. The number of pyridine rings is 2. The molecule has 3 aromatic carbocycles. The second-order valence-corrected chi connectivity index (χ2v) is 16.2. The maximum absolute atomic E-state index is 11.3. The molecule has 258 valence electrons. The highest BCUT2D eigenvalue weighted by Gasteiger charge is 2.16. The van der Waals surface area contributed by atoms with Gasteiger partial charge in [-0.3, -0.25) is 9.13 Å². The van der Waals surface area contributed by atoms with Crippen LogP contribution in [0.2, 0.25) is 0 Å². The number of benzene rings is 3. The van der Waals surface area contributed by atoms with Crippen LogP contribution >= 0.6 is 15.2 Å².